The van der Waals surface area contributed by atoms with E-state index in [0.29, 0.717) is 18.4 Å². The Morgan fingerprint density at radius 3 is 2.80 bits per heavy atom. The maximum atomic E-state index is 11.4. The second kappa shape index (κ2) is 3.55. The first-order chi connectivity index (χ1) is 7.13. The van der Waals surface area contributed by atoms with E-state index in [1.807, 2.05) is 0 Å². The van der Waals surface area contributed by atoms with Crippen molar-refractivity contribution in [3.05, 3.63) is 28.8 Å². The van der Waals surface area contributed by atoms with Crippen molar-refractivity contribution in [2.45, 2.75) is 18.9 Å². The van der Waals surface area contributed by atoms with Crippen molar-refractivity contribution in [3.63, 3.8) is 0 Å². The molecule has 0 heterocycles. The van der Waals surface area contributed by atoms with Crippen LogP contribution < -0.4 is 5.73 Å². The molecule has 0 radical (unpaired) electrons. The van der Waals surface area contributed by atoms with Gasteiger partial charge in [-0.15, -0.1) is 0 Å². The number of carbonyl (C=O) groups excluding carboxylic acids is 1. The lowest BCUT2D eigenvalue weighted by Crippen LogP contribution is -2.19. The average Bonchev–Trinajstić information content (AvgIpc) is 2.60. The predicted molar refractivity (Wildman–Crippen MR) is 54.8 cm³/mol. The van der Waals surface area contributed by atoms with Gasteiger partial charge < -0.3 is 15.6 Å². The van der Waals surface area contributed by atoms with Gasteiger partial charge in [0.15, 0.2) is 0 Å². The highest BCUT2D eigenvalue weighted by atomic mass is 16.5. The summed E-state index contributed by atoms with van der Waals surface area (Å²) in [6, 6.07) is 3.08. The molecule has 3 N–H and O–H groups in total. The second-order valence-corrected chi connectivity index (χ2v) is 3.75. The molecule has 0 amide bonds. The van der Waals surface area contributed by atoms with Crippen molar-refractivity contribution < 1.29 is 14.6 Å². The van der Waals surface area contributed by atoms with Gasteiger partial charge in [0, 0.05) is 6.04 Å². The molecule has 1 aromatic rings. The van der Waals surface area contributed by atoms with Crippen LogP contribution in [0, 0.1) is 0 Å². The topological polar surface area (TPSA) is 72.5 Å². The number of ether oxygens (including phenoxy) is 1. The number of benzene rings is 1. The van der Waals surface area contributed by atoms with Gasteiger partial charge in [0.05, 0.1) is 12.7 Å². The molecular weight excluding hydrogens is 194 g/mol. The van der Waals surface area contributed by atoms with Crippen molar-refractivity contribution in [1.82, 2.24) is 0 Å². The average molecular weight is 207 g/mol. The van der Waals surface area contributed by atoms with Crippen molar-refractivity contribution in [1.29, 1.82) is 0 Å². The van der Waals surface area contributed by atoms with Crippen LogP contribution in [0.2, 0.25) is 0 Å². The van der Waals surface area contributed by atoms with Crippen molar-refractivity contribution in [2.24, 2.45) is 5.73 Å². The van der Waals surface area contributed by atoms with Crippen LogP contribution in [0.4, 0.5) is 0 Å². The fourth-order valence-electron chi connectivity index (χ4n) is 2.04. The number of methoxy groups -OCH3 is 1. The van der Waals surface area contributed by atoms with Gasteiger partial charge in [-0.25, -0.2) is 4.79 Å². The summed E-state index contributed by atoms with van der Waals surface area (Å²) in [6.07, 6.45) is 1.24. The molecule has 2 rings (SSSR count). The van der Waals surface area contributed by atoms with Gasteiger partial charge >= 0.3 is 5.97 Å². The molecule has 0 spiro atoms. The first-order valence-corrected chi connectivity index (χ1v) is 4.81. The smallest absolute Gasteiger partial charge is 0.338 e. The van der Waals surface area contributed by atoms with E-state index in [4.69, 9.17) is 5.73 Å². The Morgan fingerprint density at radius 2 is 2.13 bits per heavy atom. The van der Waals surface area contributed by atoms with E-state index < -0.39 is 0 Å². The van der Waals surface area contributed by atoms with Crippen LogP contribution in [0.1, 0.15) is 21.5 Å². The molecule has 0 fully saturated rings. The number of aromatic hydroxyl groups is 1. The molecule has 1 atom stereocenters. The fourth-order valence-corrected chi connectivity index (χ4v) is 2.04. The normalized spacial score (nSPS) is 18.7. The van der Waals surface area contributed by atoms with Crippen molar-refractivity contribution in [3.8, 4) is 5.75 Å². The number of fused-ring (bicyclic) bond motifs is 1. The maximum Gasteiger partial charge on any atom is 0.338 e. The van der Waals surface area contributed by atoms with E-state index in [2.05, 4.69) is 4.74 Å². The lowest BCUT2D eigenvalue weighted by Gasteiger charge is -2.07. The van der Waals surface area contributed by atoms with E-state index in [1.165, 1.54) is 13.2 Å². The molecule has 1 aromatic carbocycles. The van der Waals surface area contributed by atoms with Gasteiger partial charge in [-0.1, -0.05) is 0 Å². The molecule has 4 nitrogen and oxygen atoms in total. The third-order valence-electron chi connectivity index (χ3n) is 2.74. The number of rotatable bonds is 1. The zero-order valence-electron chi connectivity index (χ0n) is 8.49. The highest BCUT2D eigenvalue weighted by molar-refractivity contribution is 5.92. The monoisotopic (exact) mass is 207 g/mol. The van der Waals surface area contributed by atoms with E-state index in [0.717, 1.165) is 11.1 Å². The van der Waals surface area contributed by atoms with Crippen LogP contribution in [-0.4, -0.2) is 24.2 Å². The van der Waals surface area contributed by atoms with Crippen LogP contribution in [0.5, 0.6) is 5.75 Å². The minimum absolute atomic E-state index is 0.0169. The van der Waals surface area contributed by atoms with Gasteiger partial charge in [-0.05, 0) is 36.1 Å². The summed E-state index contributed by atoms with van der Waals surface area (Å²) in [5.41, 5.74) is 7.92. The minimum Gasteiger partial charge on any atom is -0.508 e. The molecule has 0 saturated heterocycles. The molecule has 15 heavy (non-hydrogen) atoms. The van der Waals surface area contributed by atoms with Gasteiger partial charge in [0.1, 0.15) is 5.75 Å². The molecule has 0 saturated carbocycles. The largest absolute Gasteiger partial charge is 0.508 e. The Hall–Kier alpha value is -1.55. The highest BCUT2D eigenvalue weighted by Crippen LogP contribution is 2.32. The maximum absolute atomic E-state index is 11.4. The molecule has 1 unspecified atom stereocenters. The van der Waals surface area contributed by atoms with Crippen LogP contribution in [0.25, 0.3) is 0 Å². The second-order valence-electron chi connectivity index (χ2n) is 3.75. The molecule has 4 heteroatoms. The summed E-state index contributed by atoms with van der Waals surface area (Å²) in [5.74, 6) is -0.161. The third-order valence-corrected chi connectivity index (χ3v) is 2.74. The SMILES string of the molecule is COC(=O)c1ccc(O)c2c1CC(N)C2. The molecule has 0 aliphatic heterocycles. The Kier molecular flexibility index (Phi) is 2.36. The quantitative estimate of drug-likeness (QED) is 0.661. The van der Waals surface area contributed by atoms with Gasteiger partial charge in [0.25, 0.3) is 0 Å². The first kappa shape index (κ1) is 9.98. The van der Waals surface area contributed by atoms with Crippen LogP contribution in [-0.2, 0) is 17.6 Å². The number of nitrogens with two attached hydrogens (primary N) is 1. The summed E-state index contributed by atoms with van der Waals surface area (Å²) in [6.45, 7) is 0. The fraction of sp³-hybridized carbons (Fsp3) is 0.364. The minimum atomic E-state index is -0.375. The molecular formula is C11H13NO3. The molecule has 1 aliphatic rings. The zero-order chi connectivity index (χ0) is 11.0. The molecule has 1 aliphatic carbocycles. The highest BCUT2D eigenvalue weighted by Gasteiger charge is 2.26. The van der Waals surface area contributed by atoms with Crippen molar-refractivity contribution in [2.75, 3.05) is 7.11 Å². The summed E-state index contributed by atoms with van der Waals surface area (Å²) < 4.78 is 4.68. The lowest BCUT2D eigenvalue weighted by molar-refractivity contribution is 0.0599. The van der Waals surface area contributed by atoms with Crippen LogP contribution >= 0.6 is 0 Å². The van der Waals surface area contributed by atoms with Crippen molar-refractivity contribution >= 4 is 5.97 Å². The van der Waals surface area contributed by atoms with Crippen LogP contribution in [0.15, 0.2) is 12.1 Å². The summed E-state index contributed by atoms with van der Waals surface area (Å²) in [4.78, 5) is 11.4. The molecule has 80 valence electrons. The number of hydrogen-bond donors (Lipinski definition) is 2. The van der Waals surface area contributed by atoms with E-state index in [-0.39, 0.29) is 17.8 Å². The molecule has 0 bridgehead atoms. The summed E-state index contributed by atoms with van der Waals surface area (Å²) in [5, 5.41) is 9.62. The number of phenolic OH excluding ortho intramolecular Hbond substituents is 1. The van der Waals surface area contributed by atoms with Gasteiger partial charge in [-0.3, -0.25) is 0 Å². The molecule has 0 aromatic heterocycles. The van der Waals surface area contributed by atoms with E-state index in [9.17, 15) is 9.90 Å². The number of esters is 1. The lowest BCUT2D eigenvalue weighted by atomic mass is 10.0. The first-order valence-electron chi connectivity index (χ1n) is 4.81. The van der Waals surface area contributed by atoms with Crippen LogP contribution in [0.3, 0.4) is 0 Å². The van der Waals surface area contributed by atoms with Gasteiger partial charge in [-0.2, -0.15) is 0 Å². The Bertz CT molecular complexity index is 415. The summed E-state index contributed by atoms with van der Waals surface area (Å²) in [7, 11) is 1.34. The Labute approximate surface area is 87.7 Å². The van der Waals surface area contributed by atoms with E-state index >= 15 is 0 Å². The summed E-state index contributed by atoms with van der Waals surface area (Å²) >= 11 is 0. The zero-order valence-corrected chi connectivity index (χ0v) is 8.49. The van der Waals surface area contributed by atoms with Gasteiger partial charge in [0.2, 0.25) is 0 Å². The van der Waals surface area contributed by atoms with E-state index in [1.54, 1.807) is 6.07 Å². The third kappa shape index (κ3) is 1.57. The predicted octanol–water partition coefficient (Wildman–Crippen LogP) is 0.605. The standard InChI is InChI=1S/C11H13NO3/c1-15-11(14)7-2-3-10(13)9-5-6(12)4-8(7)9/h2-3,6,13H,4-5,12H2,1H3. The Balaban J connectivity index is 2.52. The number of hydrogen-bond acceptors (Lipinski definition) is 4. The number of carbonyl (C=O) groups is 1. The Morgan fingerprint density at radius 1 is 1.47 bits per heavy atom. The number of phenols is 1.